The maximum Gasteiger partial charge on any atom is 0.289 e. The zero-order valence-corrected chi connectivity index (χ0v) is 18.7. The van der Waals surface area contributed by atoms with E-state index in [0.717, 1.165) is 0 Å². The largest absolute Gasteiger partial charge is 0.337 e. The molecule has 2 heterocycles. The Kier molecular flexibility index (Phi) is 7.05. The minimum absolute atomic E-state index is 0.0157. The molecule has 1 amide bonds. The van der Waals surface area contributed by atoms with Gasteiger partial charge in [0.15, 0.2) is 5.03 Å². The van der Waals surface area contributed by atoms with E-state index < -0.39 is 21.7 Å². The molecule has 12 heteroatoms. The molecule has 7 nitrogen and oxygen atoms in total. The molecule has 2 aromatic rings. The first-order chi connectivity index (χ1) is 14.1. The summed E-state index contributed by atoms with van der Waals surface area (Å²) in [5.74, 6) is -2.88. The van der Waals surface area contributed by atoms with Crippen LogP contribution in [0.3, 0.4) is 0 Å². The van der Waals surface area contributed by atoms with Crippen LogP contribution in [0, 0.1) is 12.8 Å². The van der Waals surface area contributed by atoms with E-state index in [9.17, 15) is 22.0 Å². The summed E-state index contributed by atoms with van der Waals surface area (Å²) in [5, 5.41) is 2.77. The number of hydrogen-bond acceptors (Lipinski definition) is 5. The fraction of sp³-hybridized carbons (Fsp3) is 0.444. The normalized spacial score (nSPS) is 16.2. The average Bonchev–Trinajstić information content (AvgIpc) is 3.04. The van der Waals surface area contributed by atoms with E-state index in [0.29, 0.717) is 18.7 Å². The highest BCUT2D eigenvalue weighted by molar-refractivity contribution is 7.99. The maximum absolute atomic E-state index is 12.8. The van der Waals surface area contributed by atoms with Crippen LogP contribution in [-0.4, -0.2) is 47.0 Å². The summed E-state index contributed by atoms with van der Waals surface area (Å²) in [6.45, 7) is 2.06. The Balaban J connectivity index is 1.66. The first-order valence-electron chi connectivity index (χ1n) is 9.14. The molecule has 1 N–H and O–H groups in total. The molecule has 1 fully saturated rings. The molecular weight excluding hydrogens is 458 g/mol. The molecule has 0 atom stereocenters. The molecule has 0 unspecified atom stereocenters. The Bertz CT molecular complexity index is 1020. The number of anilines is 1. The second-order valence-electron chi connectivity index (χ2n) is 6.90. The number of hydrogen-bond donors (Lipinski definition) is 1. The molecule has 1 aliphatic rings. The van der Waals surface area contributed by atoms with E-state index in [1.807, 2.05) is 0 Å². The van der Waals surface area contributed by atoms with E-state index in [1.165, 1.54) is 22.6 Å². The molecule has 1 aromatic carbocycles. The van der Waals surface area contributed by atoms with Gasteiger partial charge in [-0.3, -0.25) is 4.79 Å². The van der Waals surface area contributed by atoms with Gasteiger partial charge in [0.2, 0.25) is 5.91 Å². The number of rotatable bonds is 6. The Morgan fingerprint density at radius 3 is 2.57 bits per heavy atom. The van der Waals surface area contributed by atoms with Crippen molar-refractivity contribution in [2.24, 2.45) is 13.0 Å². The third-order valence-corrected chi connectivity index (χ3v) is 8.00. The van der Waals surface area contributed by atoms with Crippen molar-refractivity contribution in [3.8, 4) is 0 Å². The number of nitrogens with zero attached hydrogens (tertiary/aromatic N) is 3. The number of benzene rings is 1. The van der Waals surface area contributed by atoms with E-state index in [-0.39, 0.29) is 51.4 Å². The highest BCUT2D eigenvalue weighted by atomic mass is 35.5. The number of sulfonamides is 1. The van der Waals surface area contributed by atoms with Crippen LogP contribution in [0.2, 0.25) is 5.02 Å². The molecule has 1 aliphatic heterocycles. The Labute approximate surface area is 182 Å². The Morgan fingerprint density at radius 2 is 2.00 bits per heavy atom. The second kappa shape index (κ2) is 9.21. The summed E-state index contributed by atoms with van der Waals surface area (Å²) < 4.78 is 54.1. The molecular formula is C18H21ClF2N4O3S2. The molecule has 0 spiro atoms. The molecule has 30 heavy (non-hydrogen) atoms. The monoisotopic (exact) mass is 478 g/mol. The van der Waals surface area contributed by atoms with Gasteiger partial charge in [0.05, 0.1) is 15.6 Å². The minimum Gasteiger partial charge on any atom is -0.337 e. The molecule has 0 aliphatic carbocycles. The molecule has 1 aromatic heterocycles. The van der Waals surface area contributed by atoms with Crippen molar-refractivity contribution < 1.29 is 22.0 Å². The van der Waals surface area contributed by atoms with Gasteiger partial charge >= 0.3 is 0 Å². The van der Waals surface area contributed by atoms with Gasteiger partial charge in [-0.15, -0.1) is 0 Å². The van der Waals surface area contributed by atoms with Crippen LogP contribution in [0.15, 0.2) is 34.3 Å². The van der Waals surface area contributed by atoms with Crippen molar-refractivity contribution in [3.05, 3.63) is 35.2 Å². The van der Waals surface area contributed by atoms with Crippen molar-refractivity contribution >= 4 is 45.0 Å². The third-order valence-electron chi connectivity index (χ3n) is 4.95. The Morgan fingerprint density at radius 1 is 1.33 bits per heavy atom. The van der Waals surface area contributed by atoms with Crippen molar-refractivity contribution in [2.45, 2.75) is 35.4 Å². The van der Waals surface area contributed by atoms with E-state index in [1.54, 1.807) is 24.6 Å². The summed E-state index contributed by atoms with van der Waals surface area (Å²) in [7, 11) is -2.02. The summed E-state index contributed by atoms with van der Waals surface area (Å²) in [6.07, 6.45) is 2.09. The van der Waals surface area contributed by atoms with Crippen LogP contribution in [0.5, 0.6) is 0 Å². The van der Waals surface area contributed by atoms with Crippen molar-refractivity contribution in [1.82, 2.24) is 13.9 Å². The van der Waals surface area contributed by atoms with Crippen LogP contribution < -0.4 is 5.32 Å². The fourth-order valence-electron chi connectivity index (χ4n) is 3.19. The van der Waals surface area contributed by atoms with Crippen LogP contribution in [0.1, 0.15) is 18.7 Å². The second-order valence-corrected chi connectivity index (χ2v) is 10.2. The number of piperidine rings is 1. The van der Waals surface area contributed by atoms with Crippen LogP contribution in [0.25, 0.3) is 0 Å². The summed E-state index contributed by atoms with van der Waals surface area (Å²) in [6, 6.07) is 4.56. The number of nitrogens with one attached hydrogen (secondary N) is 1. The summed E-state index contributed by atoms with van der Waals surface area (Å²) in [4.78, 5) is 16.8. The van der Waals surface area contributed by atoms with Gasteiger partial charge in [-0.05, 0) is 31.9 Å². The maximum atomic E-state index is 12.8. The predicted octanol–water partition coefficient (Wildman–Crippen LogP) is 3.74. The third kappa shape index (κ3) is 4.96. The Hall–Kier alpha value is -1.69. The number of aryl methyl sites for hydroxylation is 2. The van der Waals surface area contributed by atoms with Gasteiger partial charge in [-0.25, -0.2) is 13.4 Å². The SMILES string of the molecule is Cc1nc(S(=O)(=O)N2CCC(C(=O)Nc3cccc(Cl)c3SC(F)F)CC2)cn1C. The van der Waals surface area contributed by atoms with Crippen LogP contribution in [0.4, 0.5) is 14.5 Å². The quantitative estimate of drug-likeness (QED) is 0.639. The molecule has 0 radical (unpaired) electrons. The minimum atomic E-state index is -3.73. The number of thioether (sulfide) groups is 1. The lowest BCUT2D eigenvalue weighted by atomic mass is 9.97. The van der Waals surface area contributed by atoms with Gasteiger partial charge in [-0.2, -0.15) is 13.1 Å². The standard InChI is InChI=1S/C18H21ClF2N4O3S2/c1-11-22-15(10-24(11)2)30(27,28)25-8-6-12(7-9-25)17(26)23-14-5-3-4-13(19)16(14)29-18(20)21/h3-5,10,12,18H,6-9H2,1-2H3,(H,23,26). The van der Waals surface area contributed by atoms with E-state index >= 15 is 0 Å². The van der Waals surface area contributed by atoms with Gasteiger partial charge in [0.1, 0.15) is 5.82 Å². The predicted molar refractivity (Wildman–Crippen MR) is 111 cm³/mol. The number of carbonyl (C=O) groups is 1. The number of aromatic nitrogens is 2. The first-order valence-corrected chi connectivity index (χ1v) is 11.8. The van der Waals surface area contributed by atoms with E-state index in [2.05, 4.69) is 10.3 Å². The molecule has 1 saturated heterocycles. The smallest absolute Gasteiger partial charge is 0.289 e. The van der Waals surface area contributed by atoms with Gasteiger partial charge in [0.25, 0.3) is 15.8 Å². The number of imidazole rings is 1. The lowest BCUT2D eigenvalue weighted by Crippen LogP contribution is -2.41. The van der Waals surface area contributed by atoms with Crippen molar-refractivity contribution in [3.63, 3.8) is 0 Å². The molecule has 164 valence electrons. The van der Waals surface area contributed by atoms with Crippen molar-refractivity contribution in [1.29, 1.82) is 0 Å². The molecule has 0 bridgehead atoms. The van der Waals surface area contributed by atoms with Gasteiger partial charge in [0, 0.05) is 32.3 Å². The number of carbonyl (C=O) groups excluding carboxylic acids is 1. The summed E-state index contributed by atoms with van der Waals surface area (Å²) in [5.41, 5.74) is 0.219. The van der Waals surface area contributed by atoms with Crippen LogP contribution in [-0.2, 0) is 21.9 Å². The lowest BCUT2D eigenvalue weighted by Gasteiger charge is -2.30. The van der Waals surface area contributed by atoms with E-state index in [4.69, 9.17) is 11.6 Å². The zero-order valence-electron chi connectivity index (χ0n) is 16.3. The highest BCUT2D eigenvalue weighted by Crippen LogP contribution is 2.38. The number of halogens is 3. The van der Waals surface area contributed by atoms with Crippen LogP contribution >= 0.6 is 23.4 Å². The first kappa shape index (κ1) is 23.0. The average molecular weight is 479 g/mol. The topological polar surface area (TPSA) is 84.3 Å². The lowest BCUT2D eigenvalue weighted by molar-refractivity contribution is -0.120. The highest BCUT2D eigenvalue weighted by Gasteiger charge is 2.34. The number of amides is 1. The number of alkyl halides is 2. The van der Waals surface area contributed by atoms with Gasteiger partial charge < -0.3 is 9.88 Å². The molecule has 3 rings (SSSR count). The fourth-order valence-corrected chi connectivity index (χ4v) is 5.60. The summed E-state index contributed by atoms with van der Waals surface area (Å²) >= 11 is 6.26. The van der Waals surface area contributed by atoms with Crippen molar-refractivity contribution in [2.75, 3.05) is 18.4 Å². The molecule has 0 saturated carbocycles. The van der Waals surface area contributed by atoms with Gasteiger partial charge in [-0.1, -0.05) is 29.4 Å². The zero-order chi connectivity index (χ0) is 22.1.